The topological polar surface area (TPSA) is 6.48 Å². The minimum Gasteiger partial charge on any atom is -0.285 e. The van der Waals surface area contributed by atoms with Crippen LogP contribution in [-0.4, -0.2) is 51.9 Å². The smallest absolute Gasteiger partial charge is 0.0764 e. The molecule has 0 saturated heterocycles. The highest BCUT2D eigenvalue weighted by molar-refractivity contribution is 6.16. The molecule has 0 aliphatic heterocycles. The largest absolute Gasteiger partial charge is 0.285 e. The van der Waals surface area contributed by atoms with Crippen LogP contribution in [0.15, 0.2) is 11.8 Å². The van der Waals surface area contributed by atoms with Crippen molar-refractivity contribution in [3.8, 4) is 0 Å². The van der Waals surface area contributed by atoms with Crippen LogP contribution in [0.5, 0.6) is 0 Å². The zero-order valence-corrected chi connectivity index (χ0v) is 19.2. The van der Waals surface area contributed by atoms with Crippen LogP contribution < -0.4 is 0 Å². The van der Waals surface area contributed by atoms with Crippen molar-refractivity contribution < 1.29 is 0 Å². The van der Waals surface area contributed by atoms with Crippen molar-refractivity contribution in [2.45, 2.75) is 85.7 Å². The third-order valence-electron chi connectivity index (χ3n) is 5.10. The van der Waals surface area contributed by atoms with Crippen LogP contribution in [0.25, 0.3) is 0 Å². The van der Waals surface area contributed by atoms with Crippen molar-refractivity contribution in [1.29, 1.82) is 0 Å². The summed E-state index contributed by atoms with van der Waals surface area (Å²) in [7, 11) is 1.17. The van der Waals surface area contributed by atoms with Gasteiger partial charge in [0, 0.05) is 10.2 Å². The molecule has 0 aromatic rings. The molecule has 1 unspecified atom stereocenters. The molecular formula is C20H44N2Si. The van der Waals surface area contributed by atoms with Gasteiger partial charge < -0.3 is 0 Å². The van der Waals surface area contributed by atoms with Gasteiger partial charge in [-0.05, 0) is 70.6 Å². The van der Waals surface area contributed by atoms with Crippen LogP contribution >= 0.6 is 0 Å². The normalized spacial score (nSPS) is 14.4. The van der Waals surface area contributed by atoms with Gasteiger partial charge in [0.05, 0.1) is 5.66 Å². The standard InChI is InChI=1S/C20H44N2Si/c1-7-14-21(15-8-2)20(11-5,19(6)13-12-18-23)22(16-9-3)17-10-4/h12,18-19H,7-11,13-17H2,1-6,23H3/b18-12-. The van der Waals surface area contributed by atoms with Crippen molar-refractivity contribution in [3.05, 3.63) is 11.8 Å². The van der Waals surface area contributed by atoms with E-state index in [0.717, 1.165) is 0 Å². The van der Waals surface area contributed by atoms with E-state index in [4.69, 9.17) is 0 Å². The third-order valence-corrected chi connectivity index (χ3v) is 5.58. The molecule has 0 N–H and O–H groups in total. The Labute approximate surface area is 150 Å². The Hall–Kier alpha value is -0.123. The van der Waals surface area contributed by atoms with Gasteiger partial charge in [-0.3, -0.25) is 9.80 Å². The molecular weight excluding hydrogens is 296 g/mol. The lowest BCUT2D eigenvalue weighted by Gasteiger charge is -2.54. The van der Waals surface area contributed by atoms with E-state index in [-0.39, 0.29) is 5.66 Å². The Morgan fingerprint density at radius 3 is 1.48 bits per heavy atom. The van der Waals surface area contributed by atoms with E-state index in [1.54, 1.807) is 0 Å². The molecule has 0 saturated carbocycles. The lowest BCUT2D eigenvalue weighted by atomic mass is 9.84. The second kappa shape index (κ2) is 13.2. The first kappa shape index (κ1) is 22.9. The summed E-state index contributed by atoms with van der Waals surface area (Å²) in [5.41, 5.74) is 2.57. The van der Waals surface area contributed by atoms with Crippen LogP contribution in [0.1, 0.15) is 80.1 Å². The molecule has 2 nitrogen and oxygen atoms in total. The summed E-state index contributed by atoms with van der Waals surface area (Å²) < 4.78 is 0. The fourth-order valence-electron chi connectivity index (χ4n) is 4.23. The Balaban J connectivity index is 5.80. The van der Waals surface area contributed by atoms with Crippen molar-refractivity contribution in [2.24, 2.45) is 5.92 Å². The molecule has 0 fully saturated rings. The molecule has 0 bridgehead atoms. The van der Waals surface area contributed by atoms with Crippen LogP contribution in [0.3, 0.4) is 0 Å². The van der Waals surface area contributed by atoms with Crippen LogP contribution in [0.4, 0.5) is 0 Å². The van der Waals surface area contributed by atoms with Gasteiger partial charge in [-0.1, -0.05) is 47.6 Å². The second-order valence-corrected chi connectivity index (χ2v) is 7.58. The van der Waals surface area contributed by atoms with Gasteiger partial charge in [-0.2, -0.15) is 0 Å². The molecule has 23 heavy (non-hydrogen) atoms. The van der Waals surface area contributed by atoms with E-state index in [9.17, 15) is 0 Å². The van der Waals surface area contributed by atoms with Crippen LogP contribution in [-0.2, 0) is 0 Å². The fraction of sp³-hybridized carbons (Fsp3) is 0.900. The van der Waals surface area contributed by atoms with Gasteiger partial charge in [-0.15, -0.1) is 5.70 Å². The number of hydrogen-bond donors (Lipinski definition) is 0. The molecule has 0 heterocycles. The van der Waals surface area contributed by atoms with Crippen LogP contribution in [0, 0.1) is 5.92 Å². The molecule has 0 aliphatic carbocycles. The zero-order valence-electron chi connectivity index (χ0n) is 17.2. The van der Waals surface area contributed by atoms with E-state index in [1.807, 2.05) is 0 Å². The molecule has 138 valence electrons. The number of nitrogens with zero attached hydrogens (tertiary/aromatic N) is 2. The maximum Gasteiger partial charge on any atom is 0.0764 e. The Kier molecular flexibility index (Phi) is 13.1. The quantitative estimate of drug-likeness (QED) is 0.345. The number of hydrogen-bond acceptors (Lipinski definition) is 2. The summed E-state index contributed by atoms with van der Waals surface area (Å²) in [4.78, 5) is 5.65. The molecule has 0 rings (SSSR count). The Morgan fingerprint density at radius 2 is 1.22 bits per heavy atom. The third kappa shape index (κ3) is 6.36. The minimum absolute atomic E-state index is 0.221. The van der Waals surface area contributed by atoms with Crippen molar-refractivity contribution in [1.82, 2.24) is 9.80 Å². The highest BCUT2D eigenvalue weighted by atomic mass is 28.1. The monoisotopic (exact) mass is 340 g/mol. The van der Waals surface area contributed by atoms with E-state index in [1.165, 1.54) is 74.9 Å². The summed E-state index contributed by atoms with van der Waals surface area (Å²) in [6.45, 7) is 19.1. The first-order valence-electron chi connectivity index (χ1n) is 10.2. The van der Waals surface area contributed by atoms with E-state index < -0.39 is 0 Å². The number of rotatable bonds is 14. The first-order chi connectivity index (χ1) is 11.1. The first-order valence-corrected chi connectivity index (χ1v) is 11.3. The summed E-state index contributed by atoms with van der Waals surface area (Å²) in [5, 5.41) is 0. The predicted octanol–water partition coefficient (Wildman–Crippen LogP) is 4.24. The van der Waals surface area contributed by atoms with E-state index in [2.05, 4.69) is 63.1 Å². The highest BCUT2D eigenvalue weighted by Gasteiger charge is 2.43. The van der Waals surface area contributed by atoms with Gasteiger partial charge in [0.1, 0.15) is 0 Å². The zero-order chi connectivity index (χ0) is 17.7. The van der Waals surface area contributed by atoms with Crippen molar-refractivity contribution in [2.75, 3.05) is 26.2 Å². The second-order valence-electron chi connectivity index (χ2n) is 6.91. The summed E-state index contributed by atoms with van der Waals surface area (Å²) in [5.74, 6) is 0.675. The summed E-state index contributed by atoms with van der Waals surface area (Å²) >= 11 is 0. The maximum absolute atomic E-state index is 2.82. The van der Waals surface area contributed by atoms with Crippen LogP contribution in [0.2, 0.25) is 0 Å². The van der Waals surface area contributed by atoms with Crippen molar-refractivity contribution in [3.63, 3.8) is 0 Å². The van der Waals surface area contributed by atoms with Crippen molar-refractivity contribution >= 4 is 10.2 Å². The Bertz CT molecular complexity index is 276. The summed E-state index contributed by atoms with van der Waals surface area (Å²) in [6.07, 6.45) is 9.85. The summed E-state index contributed by atoms with van der Waals surface area (Å²) in [6, 6.07) is 0. The predicted molar refractivity (Wildman–Crippen MR) is 110 cm³/mol. The molecule has 3 heteroatoms. The van der Waals surface area contributed by atoms with E-state index in [0.29, 0.717) is 5.92 Å². The highest BCUT2D eigenvalue weighted by Crippen LogP contribution is 2.36. The van der Waals surface area contributed by atoms with Gasteiger partial charge >= 0.3 is 0 Å². The average Bonchev–Trinajstić information content (AvgIpc) is 2.54. The maximum atomic E-state index is 2.82. The number of allylic oxidation sites excluding steroid dienone is 1. The molecule has 0 aromatic carbocycles. The van der Waals surface area contributed by atoms with Gasteiger partial charge in [0.2, 0.25) is 0 Å². The Morgan fingerprint density at radius 1 is 0.826 bits per heavy atom. The fourth-order valence-corrected chi connectivity index (χ4v) is 4.50. The minimum atomic E-state index is 0.221. The lowest BCUT2D eigenvalue weighted by Crippen LogP contribution is -2.64. The molecule has 1 atom stereocenters. The molecule has 0 aliphatic rings. The van der Waals surface area contributed by atoms with Gasteiger partial charge in [0.15, 0.2) is 0 Å². The molecule has 0 amide bonds. The SMILES string of the molecule is CCCN(CCC)C(CC)(C(C)C/C=C\[SiH3])N(CCC)CCC. The van der Waals surface area contributed by atoms with Gasteiger partial charge in [-0.25, -0.2) is 0 Å². The molecule has 0 spiro atoms. The average molecular weight is 341 g/mol. The van der Waals surface area contributed by atoms with E-state index >= 15 is 0 Å². The lowest BCUT2D eigenvalue weighted by molar-refractivity contribution is -0.101. The molecule has 0 radical (unpaired) electrons. The van der Waals surface area contributed by atoms with Gasteiger partial charge in [0.25, 0.3) is 0 Å². The molecule has 0 aromatic heterocycles.